The normalized spacial score (nSPS) is 12.9. The average molecular weight is 861 g/mol. The van der Waals surface area contributed by atoms with Gasteiger partial charge in [-0.05, 0) is 83.5 Å². The van der Waals surface area contributed by atoms with Gasteiger partial charge in [-0.2, -0.15) is 0 Å². The molecule has 1 unspecified atom stereocenters. The first kappa shape index (κ1) is 58.3. The van der Waals surface area contributed by atoms with Crippen LogP contribution in [0.25, 0.3) is 0 Å². The lowest BCUT2D eigenvalue weighted by molar-refractivity contribution is -0.166. The Bertz CT molecular complexity index is 1260. The highest BCUT2D eigenvalue weighted by atomic mass is 16.6. The molecule has 0 rings (SSSR count). The van der Waals surface area contributed by atoms with E-state index in [-0.39, 0.29) is 38.0 Å². The fourth-order valence-electron chi connectivity index (χ4n) is 6.56. The Kier molecular flexibility index (Phi) is 47.0. The first-order valence-corrected chi connectivity index (χ1v) is 25.2. The summed E-state index contributed by atoms with van der Waals surface area (Å²) in [5.74, 6) is -1.07. The van der Waals surface area contributed by atoms with Crippen molar-refractivity contribution < 1.29 is 28.6 Å². The van der Waals surface area contributed by atoms with E-state index in [9.17, 15) is 14.4 Å². The van der Waals surface area contributed by atoms with Crippen molar-refractivity contribution in [2.45, 2.75) is 226 Å². The second-order valence-corrected chi connectivity index (χ2v) is 16.3. The van der Waals surface area contributed by atoms with E-state index in [0.29, 0.717) is 19.3 Å². The summed E-state index contributed by atoms with van der Waals surface area (Å²) in [5, 5.41) is 0. The van der Waals surface area contributed by atoms with E-state index in [0.717, 1.165) is 70.6 Å². The van der Waals surface area contributed by atoms with E-state index in [1.54, 1.807) is 0 Å². The van der Waals surface area contributed by atoms with E-state index >= 15 is 0 Å². The molecule has 0 aliphatic rings. The number of carbonyl (C=O) groups excluding carboxylic acids is 3. The van der Waals surface area contributed by atoms with Gasteiger partial charge in [0, 0.05) is 19.3 Å². The zero-order valence-electron chi connectivity index (χ0n) is 40.1. The van der Waals surface area contributed by atoms with Crippen LogP contribution < -0.4 is 0 Å². The molecule has 0 aromatic rings. The predicted molar refractivity (Wildman–Crippen MR) is 265 cm³/mol. The van der Waals surface area contributed by atoms with Crippen LogP contribution in [0.3, 0.4) is 0 Å². The molecule has 0 saturated heterocycles. The Morgan fingerprint density at radius 3 is 1.11 bits per heavy atom. The van der Waals surface area contributed by atoms with Crippen molar-refractivity contribution in [1.82, 2.24) is 0 Å². The van der Waals surface area contributed by atoms with Crippen LogP contribution in [0.4, 0.5) is 0 Å². The average Bonchev–Trinajstić information content (AvgIpc) is 3.27. The van der Waals surface area contributed by atoms with Crippen LogP contribution in [-0.2, 0) is 28.6 Å². The minimum atomic E-state index is -0.835. The van der Waals surface area contributed by atoms with Gasteiger partial charge in [0.1, 0.15) is 13.2 Å². The van der Waals surface area contributed by atoms with Crippen molar-refractivity contribution in [3.63, 3.8) is 0 Å². The van der Waals surface area contributed by atoms with Crippen LogP contribution in [0.5, 0.6) is 0 Å². The monoisotopic (exact) mass is 861 g/mol. The van der Waals surface area contributed by atoms with Crippen LogP contribution in [0.15, 0.2) is 97.2 Å². The second kappa shape index (κ2) is 50.0. The largest absolute Gasteiger partial charge is 0.462 e. The molecule has 0 aliphatic heterocycles. The molecule has 1 atom stereocenters. The smallest absolute Gasteiger partial charge is 0.306 e. The SMILES string of the molecule is CC/C=C\C/C=C\C/C=C\C/C=C\C/C=C\CCC(=O)OC(COC(=O)CCC/C=C\C/C=C\C/C=C\CCCCCCCC)COC(=O)CCCCCCCCCCCCC. The fourth-order valence-corrected chi connectivity index (χ4v) is 6.56. The molecular formula is C56H92O6. The summed E-state index contributed by atoms with van der Waals surface area (Å²) in [6.07, 6.45) is 65.5. The molecule has 6 heteroatoms. The quantitative estimate of drug-likeness (QED) is 0.0263. The van der Waals surface area contributed by atoms with Crippen molar-refractivity contribution in [3.05, 3.63) is 97.2 Å². The summed E-state index contributed by atoms with van der Waals surface area (Å²) in [6.45, 7) is 6.39. The summed E-state index contributed by atoms with van der Waals surface area (Å²) in [6, 6.07) is 0. The van der Waals surface area contributed by atoms with Crippen LogP contribution in [0.2, 0.25) is 0 Å². The highest BCUT2D eigenvalue weighted by Crippen LogP contribution is 2.13. The van der Waals surface area contributed by atoms with Gasteiger partial charge in [-0.25, -0.2) is 0 Å². The number of carbonyl (C=O) groups is 3. The first-order valence-electron chi connectivity index (χ1n) is 25.2. The topological polar surface area (TPSA) is 78.9 Å². The van der Waals surface area contributed by atoms with E-state index in [1.807, 2.05) is 12.2 Å². The predicted octanol–water partition coefficient (Wildman–Crippen LogP) is 16.6. The molecule has 0 heterocycles. The molecule has 0 bridgehead atoms. The van der Waals surface area contributed by atoms with Crippen LogP contribution in [-0.4, -0.2) is 37.2 Å². The summed E-state index contributed by atoms with van der Waals surface area (Å²) < 4.78 is 16.6. The third-order valence-corrected chi connectivity index (χ3v) is 10.3. The Labute approximate surface area is 381 Å². The van der Waals surface area contributed by atoms with Gasteiger partial charge in [-0.3, -0.25) is 14.4 Å². The van der Waals surface area contributed by atoms with Gasteiger partial charge >= 0.3 is 17.9 Å². The summed E-state index contributed by atoms with van der Waals surface area (Å²) >= 11 is 0. The number of allylic oxidation sites excluding steroid dienone is 16. The second-order valence-electron chi connectivity index (χ2n) is 16.3. The van der Waals surface area contributed by atoms with Crippen LogP contribution in [0.1, 0.15) is 220 Å². The molecule has 0 radical (unpaired) electrons. The lowest BCUT2D eigenvalue weighted by Gasteiger charge is -2.18. The molecule has 0 aromatic carbocycles. The van der Waals surface area contributed by atoms with Crippen molar-refractivity contribution in [2.24, 2.45) is 0 Å². The number of hydrogen-bond acceptors (Lipinski definition) is 6. The summed E-state index contributed by atoms with van der Waals surface area (Å²) in [7, 11) is 0. The van der Waals surface area contributed by atoms with E-state index < -0.39 is 12.1 Å². The maximum atomic E-state index is 12.7. The van der Waals surface area contributed by atoms with Crippen molar-refractivity contribution in [3.8, 4) is 0 Å². The number of rotatable bonds is 44. The molecule has 0 fully saturated rings. The zero-order chi connectivity index (χ0) is 45.1. The molecule has 6 nitrogen and oxygen atoms in total. The Morgan fingerprint density at radius 1 is 0.339 bits per heavy atom. The summed E-state index contributed by atoms with van der Waals surface area (Å²) in [4.78, 5) is 37.8. The highest BCUT2D eigenvalue weighted by molar-refractivity contribution is 5.71. The Morgan fingerprint density at radius 2 is 0.677 bits per heavy atom. The Hall–Kier alpha value is -3.67. The molecular weight excluding hydrogens is 769 g/mol. The third-order valence-electron chi connectivity index (χ3n) is 10.3. The number of unbranched alkanes of at least 4 members (excludes halogenated alkanes) is 17. The molecule has 0 aliphatic carbocycles. The molecule has 0 aromatic heterocycles. The van der Waals surface area contributed by atoms with Crippen molar-refractivity contribution in [1.29, 1.82) is 0 Å². The van der Waals surface area contributed by atoms with Crippen LogP contribution >= 0.6 is 0 Å². The lowest BCUT2D eigenvalue weighted by Crippen LogP contribution is -2.30. The zero-order valence-corrected chi connectivity index (χ0v) is 40.1. The molecule has 0 spiro atoms. The highest BCUT2D eigenvalue weighted by Gasteiger charge is 2.19. The van der Waals surface area contributed by atoms with Crippen molar-refractivity contribution in [2.75, 3.05) is 13.2 Å². The standard InChI is InChI=1S/C56H92O6/c1-4-7-10-13-16-19-22-24-26-28-30-31-34-37-40-43-46-49-55(58)61-52-53(51-60-54(57)48-45-42-39-36-33-21-18-15-12-9-6-3)62-56(59)50-47-44-41-38-35-32-29-27-25-23-20-17-14-11-8-5-2/h8,11,17,20,24-27,30-32,35,37,40-41,44,53H,4-7,9-10,12-16,18-19,21-23,28-29,33-34,36,38-39,42-43,45-52H2,1-3H3/b11-8-,20-17-,26-24-,27-25-,31-30-,35-32-,40-37-,44-41-. The number of hydrogen-bond donors (Lipinski definition) is 0. The van der Waals surface area contributed by atoms with Gasteiger partial charge < -0.3 is 14.2 Å². The van der Waals surface area contributed by atoms with Crippen molar-refractivity contribution >= 4 is 17.9 Å². The van der Waals surface area contributed by atoms with E-state index in [4.69, 9.17) is 14.2 Å². The van der Waals surface area contributed by atoms with Gasteiger partial charge in [0.25, 0.3) is 0 Å². The maximum absolute atomic E-state index is 12.7. The van der Waals surface area contributed by atoms with Gasteiger partial charge in [0.05, 0.1) is 0 Å². The number of ether oxygens (including phenoxy) is 3. The van der Waals surface area contributed by atoms with Crippen LogP contribution in [0, 0.1) is 0 Å². The molecule has 62 heavy (non-hydrogen) atoms. The molecule has 0 amide bonds. The molecule has 352 valence electrons. The van der Waals surface area contributed by atoms with Gasteiger partial charge in [-0.1, -0.05) is 214 Å². The lowest BCUT2D eigenvalue weighted by atomic mass is 10.1. The minimum Gasteiger partial charge on any atom is -0.462 e. The van der Waals surface area contributed by atoms with Gasteiger partial charge in [0.15, 0.2) is 6.10 Å². The first-order chi connectivity index (χ1) is 30.5. The number of esters is 3. The Balaban J connectivity index is 4.57. The maximum Gasteiger partial charge on any atom is 0.306 e. The summed E-state index contributed by atoms with van der Waals surface area (Å²) in [5.41, 5.74) is 0. The fraction of sp³-hybridized carbons (Fsp3) is 0.661. The van der Waals surface area contributed by atoms with Gasteiger partial charge in [0.2, 0.25) is 0 Å². The minimum absolute atomic E-state index is 0.122. The van der Waals surface area contributed by atoms with E-state index in [2.05, 4.69) is 106 Å². The third kappa shape index (κ3) is 47.4. The molecule has 0 N–H and O–H groups in total. The molecule has 0 saturated carbocycles. The van der Waals surface area contributed by atoms with Gasteiger partial charge in [-0.15, -0.1) is 0 Å². The van der Waals surface area contributed by atoms with E-state index in [1.165, 1.54) is 96.3 Å².